The molecule has 1 aliphatic heterocycles. The third-order valence-corrected chi connectivity index (χ3v) is 5.93. The SMILES string of the molecule is C1=C(c2ccccc2)C(c2ccccc2)C(c2ccccc2)N1Cc1ccccc1. The molecule has 0 radical (unpaired) electrons. The lowest BCUT2D eigenvalue weighted by molar-refractivity contribution is 0.280. The molecule has 4 aromatic rings. The van der Waals surface area contributed by atoms with Gasteiger partial charge in [0, 0.05) is 18.7 Å². The molecule has 1 heterocycles. The molecule has 2 atom stereocenters. The molecule has 146 valence electrons. The highest BCUT2D eigenvalue weighted by atomic mass is 15.2. The smallest absolute Gasteiger partial charge is 0.0650 e. The Balaban J connectivity index is 1.65. The highest BCUT2D eigenvalue weighted by Crippen LogP contribution is 2.50. The fourth-order valence-corrected chi connectivity index (χ4v) is 4.58. The summed E-state index contributed by atoms with van der Waals surface area (Å²) in [5.74, 6) is 0.278. The number of hydrogen-bond acceptors (Lipinski definition) is 1. The van der Waals surface area contributed by atoms with Crippen molar-refractivity contribution < 1.29 is 0 Å². The number of hydrogen-bond donors (Lipinski definition) is 0. The fraction of sp³-hybridized carbons (Fsp3) is 0.103. The fourth-order valence-electron chi connectivity index (χ4n) is 4.58. The van der Waals surface area contributed by atoms with Gasteiger partial charge in [0.25, 0.3) is 0 Å². The normalized spacial score (nSPS) is 18.3. The minimum absolute atomic E-state index is 0.254. The summed E-state index contributed by atoms with van der Waals surface area (Å²) in [5.41, 5.74) is 6.71. The maximum atomic E-state index is 2.52. The van der Waals surface area contributed by atoms with E-state index in [1.165, 1.54) is 27.8 Å². The van der Waals surface area contributed by atoms with E-state index in [-0.39, 0.29) is 12.0 Å². The highest BCUT2D eigenvalue weighted by molar-refractivity contribution is 5.75. The van der Waals surface area contributed by atoms with Crippen molar-refractivity contribution in [1.29, 1.82) is 0 Å². The van der Waals surface area contributed by atoms with Gasteiger partial charge >= 0.3 is 0 Å². The lowest BCUT2D eigenvalue weighted by Gasteiger charge is -2.31. The summed E-state index contributed by atoms with van der Waals surface area (Å²) < 4.78 is 0. The van der Waals surface area contributed by atoms with E-state index >= 15 is 0 Å². The quantitative estimate of drug-likeness (QED) is 0.354. The number of benzene rings is 4. The van der Waals surface area contributed by atoms with Crippen LogP contribution in [-0.4, -0.2) is 4.90 Å². The van der Waals surface area contributed by atoms with Gasteiger partial charge in [0.15, 0.2) is 0 Å². The molecule has 0 saturated carbocycles. The van der Waals surface area contributed by atoms with Gasteiger partial charge < -0.3 is 4.90 Å². The molecule has 4 aromatic carbocycles. The van der Waals surface area contributed by atoms with E-state index in [0.717, 1.165) is 6.54 Å². The van der Waals surface area contributed by atoms with Gasteiger partial charge in [0.05, 0.1) is 6.04 Å². The first-order valence-electron chi connectivity index (χ1n) is 10.6. The van der Waals surface area contributed by atoms with Crippen LogP contribution in [0.1, 0.15) is 34.2 Å². The van der Waals surface area contributed by atoms with E-state index in [2.05, 4.69) is 132 Å². The largest absolute Gasteiger partial charge is 0.365 e. The molecule has 0 aromatic heterocycles. The molecule has 0 bridgehead atoms. The van der Waals surface area contributed by atoms with E-state index in [0.29, 0.717) is 0 Å². The molecule has 0 aliphatic carbocycles. The van der Waals surface area contributed by atoms with E-state index in [1.54, 1.807) is 0 Å². The number of rotatable bonds is 5. The molecule has 0 saturated heterocycles. The summed E-state index contributed by atoms with van der Waals surface area (Å²) in [6, 6.07) is 43.7. The predicted octanol–water partition coefficient (Wildman–Crippen LogP) is 7.07. The van der Waals surface area contributed by atoms with Crippen LogP contribution in [0.5, 0.6) is 0 Å². The second-order valence-electron chi connectivity index (χ2n) is 7.85. The van der Waals surface area contributed by atoms with E-state index < -0.39 is 0 Å². The molecule has 0 spiro atoms. The minimum atomic E-state index is 0.254. The van der Waals surface area contributed by atoms with Gasteiger partial charge in [0.1, 0.15) is 0 Å². The third kappa shape index (κ3) is 3.67. The van der Waals surface area contributed by atoms with Gasteiger partial charge in [-0.1, -0.05) is 121 Å². The second kappa shape index (κ2) is 8.42. The molecule has 30 heavy (non-hydrogen) atoms. The summed E-state index contributed by atoms with van der Waals surface area (Å²) in [6.07, 6.45) is 2.39. The summed E-state index contributed by atoms with van der Waals surface area (Å²) in [5, 5.41) is 0. The topological polar surface area (TPSA) is 3.24 Å². The standard InChI is InChI=1S/C29H25N/c1-5-13-23(14-6-1)21-30-22-27(24-15-7-2-8-16-24)28(25-17-9-3-10-18-25)29(30)26-19-11-4-12-20-26/h1-20,22,28-29H,21H2. The Bertz CT molecular complexity index is 1100. The molecule has 0 amide bonds. The van der Waals surface area contributed by atoms with Crippen molar-refractivity contribution in [2.75, 3.05) is 0 Å². The first-order valence-corrected chi connectivity index (χ1v) is 10.6. The molecule has 5 rings (SSSR count). The van der Waals surface area contributed by atoms with Crippen LogP contribution in [0.4, 0.5) is 0 Å². The molecular formula is C29H25N. The van der Waals surface area contributed by atoms with Gasteiger partial charge in [-0.15, -0.1) is 0 Å². The van der Waals surface area contributed by atoms with E-state index in [1.807, 2.05) is 0 Å². The van der Waals surface area contributed by atoms with Crippen LogP contribution in [-0.2, 0) is 6.54 Å². The van der Waals surface area contributed by atoms with Crippen LogP contribution < -0.4 is 0 Å². The van der Waals surface area contributed by atoms with Crippen molar-refractivity contribution in [3.63, 3.8) is 0 Å². The Hall–Kier alpha value is -3.58. The summed E-state index contributed by atoms with van der Waals surface area (Å²) in [4.78, 5) is 2.52. The van der Waals surface area contributed by atoms with Crippen LogP contribution in [0.2, 0.25) is 0 Å². The third-order valence-electron chi connectivity index (χ3n) is 5.93. The highest BCUT2D eigenvalue weighted by Gasteiger charge is 2.37. The minimum Gasteiger partial charge on any atom is -0.365 e. The van der Waals surface area contributed by atoms with Crippen molar-refractivity contribution in [1.82, 2.24) is 4.90 Å². The summed E-state index contributed by atoms with van der Waals surface area (Å²) >= 11 is 0. The van der Waals surface area contributed by atoms with Gasteiger partial charge in [-0.05, 0) is 27.8 Å². The maximum absolute atomic E-state index is 2.52. The molecule has 2 unspecified atom stereocenters. The average Bonchev–Trinajstić information content (AvgIpc) is 3.20. The molecule has 1 heteroatoms. The second-order valence-corrected chi connectivity index (χ2v) is 7.85. The average molecular weight is 388 g/mol. The maximum Gasteiger partial charge on any atom is 0.0650 e. The van der Waals surface area contributed by atoms with Gasteiger partial charge in [-0.25, -0.2) is 0 Å². The van der Waals surface area contributed by atoms with Crippen molar-refractivity contribution in [2.45, 2.75) is 18.5 Å². The lowest BCUT2D eigenvalue weighted by Crippen LogP contribution is -2.23. The monoisotopic (exact) mass is 387 g/mol. The Kier molecular flexibility index (Phi) is 5.18. The van der Waals surface area contributed by atoms with Gasteiger partial charge in [0.2, 0.25) is 0 Å². The predicted molar refractivity (Wildman–Crippen MR) is 125 cm³/mol. The zero-order chi connectivity index (χ0) is 20.2. The lowest BCUT2D eigenvalue weighted by atomic mass is 9.81. The molecule has 1 aliphatic rings. The van der Waals surface area contributed by atoms with E-state index in [4.69, 9.17) is 0 Å². The van der Waals surface area contributed by atoms with Crippen LogP contribution in [0, 0.1) is 0 Å². The van der Waals surface area contributed by atoms with Gasteiger partial charge in [-0.3, -0.25) is 0 Å². The Labute approximate surface area is 178 Å². The van der Waals surface area contributed by atoms with Crippen LogP contribution in [0.15, 0.2) is 128 Å². The first-order chi connectivity index (χ1) is 14.9. The summed E-state index contributed by atoms with van der Waals surface area (Å²) in [6.45, 7) is 0.889. The van der Waals surface area contributed by atoms with E-state index in [9.17, 15) is 0 Å². The molecule has 0 fully saturated rings. The Morgan fingerprint density at radius 2 is 1.03 bits per heavy atom. The van der Waals surface area contributed by atoms with Crippen molar-refractivity contribution >= 4 is 5.57 Å². The summed E-state index contributed by atoms with van der Waals surface area (Å²) in [7, 11) is 0. The van der Waals surface area contributed by atoms with Crippen molar-refractivity contribution in [2.24, 2.45) is 0 Å². The zero-order valence-corrected chi connectivity index (χ0v) is 16.9. The first kappa shape index (κ1) is 18.4. The van der Waals surface area contributed by atoms with Crippen LogP contribution >= 0.6 is 0 Å². The van der Waals surface area contributed by atoms with Crippen LogP contribution in [0.25, 0.3) is 5.57 Å². The Morgan fingerprint density at radius 3 is 1.63 bits per heavy atom. The van der Waals surface area contributed by atoms with Crippen molar-refractivity contribution in [3.05, 3.63) is 150 Å². The van der Waals surface area contributed by atoms with Gasteiger partial charge in [-0.2, -0.15) is 0 Å². The zero-order valence-electron chi connectivity index (χ0n) is 16.9. The molecular weight excluding hydrogens is 362 g/mol. The molecule has 1 nitrogen and oxygen atoms in total. The van der Waals surface area contributed by atoms with Crippen molar-refractivity contribution in [3.8, 4) is 0 Å². The van der Waals surface area contributed by atoms with Crippen LogP contribution in [0.3, 0.4) is 0 Å². The molecule has 0 N–H and O–H groups in total. The number of nitrogens with zero attached hydrogens (tertiary/aromatic N) is 1. The Morgan fingerprint density at radius 1 is 0.533 bits per heavy atom.